The number of carbonyl (C=O) groups is 1. The molecule has 0 saturated carbocycles. The van der Waals surface area contributed by atoms with Crippen LogP contribution in [0.5, 0.6) is 0 Å². The van der Waals surface area contributed by atoms with Crippen molar-refractivity contribution in [3.8, 4) is 0 Å². The Kier molecular flexibility index (Phi) is 6.26. The molecule has 0 heterocycles. The van der Waals surface area contributed by atoms with Gasteiger partial charge in [-0.3, -0.25) is 0 Å². The van der Waals surface area contributed by atoms with E-state index in [0.717, 1.165) is 24.4 Å². The number of nitrogens with one attached hydrogen (secondary N) is 1. The van der Waals surface area contributed by atoms with Gasteiger partial charge in [0, 0.05) is 10.6 Å². The summed E-state index contributed by atoms with van der Waals surface area (Å²) in [5, 5.41) is 2.47. The molecule has 0 radical (unpaired) electrons. The molecule has 0 aliphatic rings. The van der Waals surface area contributed by atoms with Gasteiger partial charge in [-0.05, 0) is 23.8 Å². The Morgan fingerprint density at radius 1 is 1.00 bits per heavy atom. The third kappa shape index (κ3) is 4.31. The number of thioether (sulfide) groups is 1. The predicted molar refractivity (Wildman–Crippen MR) is 103 cm³/mol. The molecule has 1 N–H and O–H groups in total. The molecule has 3 nitrogen and oxygen atoms in total. The van der Waals surface area contributed by atoms with Crippen LogP contribution in [0, 0.1) is 17.5 Å². The van der Waals surface area contributed by atoms with Crippen LogP contribution in [0.25, 0.3) is 0 Å². The fourth-order valence-electron chi connectivity index (χ4n) is 2.53. The van der Waals surface area contributed by atoms with Gasteiger partial charge in [-0.25, -0.2) is 18.0 Å². The van der Waals surface area contributed by atoms with E-state index in [1.54, 1.807) is 0 Å². The largest absolute Gasteiger partial charge is 0.465 e. The maximum absolute atomic E-state index is 14.8. The highest BCUT2D eigenvalue weighted by atomic mass is 32.2. The van der Waals surface area contributed by atoms with E-state index >= 15 is 0 Å². The standard InChI is InChI=1S/C21H16F3NO2S/c1-27-21(26)14-11-17(28-12-13-7-3-2-4-8-13)18(23)19(24)20(14)25-16-10-6-5-9-15(16)22/h2-11,25H,12H2,1H3. The Morgan fingerprint density at radius 3 is 2.36 bits per heavy atom. The molecule has 0 unspecified atom stereocenters. The lowest BCUT2D eigenvalue weighted by molar-refractivity contribution is 0.0601. The topological polar surface area (TPSA) is 38.3 Å². The summed E-state index contributed by atoms with van der Waals surface area (Å²) < 4.78 is 48.0. The SMILES string of the molecule is COC(=O)c1cc(SCc2ccccc2)c(F)c(F)c1Nc1ccccc1F. The van der Waals surface area contributed by atoms with Crippen LogP contribution >= 0.6 is 11.8 Å². The van der Waals surface area contributed by atoms with Crippen molar-refractivity contribution in [1.29, 1.82) is 0 Å². The fraction of sp³-hybridized carbons (Fsp3) is 0.0952. The summed E-state index contributed by atoms with van der Waals surface area (Å²) in [7, 11) is 1.13. The average Bonchev–Trinajstić information content (AvgIpc) is 2.72. The Bertz CT molecular complexity index is 996. The summed E-state index contributed by atoms with van der Waals surface area (Å²) >= 11 is 1.05. The monoisotopic (exact) mass is 403 g/mol. The lowest BCUT2D eigenvalue weighted by Gasteiger charge is -2.15. The van der Waals surface area contributed by atoms with Gasteiger partial charge in [0.1, 0.15) is 5.82 Å². The molecule has 0 fully saturated rings. The number of benzene rings is 3. The van der Waals surface area contributed by atoms with Crippen LogP contribution in [0.3, 0.4) is 0 Å². The molecular formula is C21H16F3NO2S. The highest BCUT2D eigenvalue weighted by Gasteiger charge is 2.24. The van der Waals surface area contributed by atoms with E-state index in [4.69, 9.17) is 0 Å². The number of carbonyl (C=O) groups excluding carboxylic acids is 1. The molecule has 0 aromatic heterocycles. The second kappa shape index (κ2) is 8.84. The first-order chi connectivity index (χ1) is 13.5. The first kappa shape index (κ1) is 19.8. The minimum atomic E-state index is -1.28. The van der Waals surface area contributed by atoms with Crippen molar-refractivity contribution >= 4 is 29.1 Å². The minimum Gasteiger partial charge on any atom is -0.465 e. The zero-order valence-electron chi connectivity index (χ0n) is 14.8. The molecule has 3 rings (SSSR count). The highest BCUT2D eigenvalue weighted by Crippen LogP contribution is 2.35. The van der Waals surface area contributed by atoms with Gasteiger partial charge in [-0.15, -0.1) is 11.8 Å². The highest BCUT2D eigenvalue weighted by molar-refractivity contribution is 7.98. The van der Waals surface area contributed by atoms with E-state index in [9.17, 15) is 18.0 Å². The smallest absolute Gasteiger partial charge is 0.340 e. The van der Waals surface area contributed by atoms with E-state index in [2.05, 4.69) is 10.1 Å². The third-order valence-corrected chi connectivity index (χ3v) is 5.04. The first-order valence-electron chi connectivity index (χ1n) is 8.30. The Hall–Kier alpha value is -2.93. The van der Waals surface area contributed by atoms with Crippen LogP contribution in [0.2, 0.25) is 0 Å². The third-order valence-electron chi connectivity index (χ3n) is 3.95. The summed E-state index contributed by atoms with van der Waals surface area (Å²) in [4.78, 5) is 12.1. The lowest BCUT2D eigenvalue weighted by atomic mass is 10.1. The van der Waals surface area contributed by atoms with E-state index in [1.165, 1.54) is 30.3 Å². The van der Waals surface area contributed by atoms with Gasteiger partial charge in [0.05, 0.1) is 24.0 Å². The number of rotatable bonds is 6. The molecule has 3 aromatic rings. The van der Waals surface area contributed by atoms with Gasteiger partial charge in [0.2, 0.25) is 0 Å². The number of halogens is 3. The van der Waals surface area contributed by atoms with E-state index in [0.29, 0.717) is 5.75 Å². The maximum atomic E-state index is 14.8. The van der Waals surface area contributed by atoms with Gasteiger partial charge in [-0.2, -0.15) is 0 Å². The molecule has 0 amide bonds. The molecule has 28 heavy (non-hydrogen) atoms. The summed E-state index contributed by atoms with van der Waals surface area (Å²) in [6, 6.07) is 16.0. The fourth-order valence-corrected chi connectivity index (χ4v) is 3.47. The summed E-state index contributed by atoms with van der Waals surface area (Å²) in [6.07, 6.45) is 0. The number of methoxy groups -OCH3 is 1. The average molecular weight is 403 g/mol. The van der Waals surface area contributed by atoms with Crippen molar-refractivity contribution in [1.82, 2.24) is 0 Å². The van der Waals surface area contributed by atoms with Gasteiger partial charge in [-0.1, -0.05) is 42.5 Å². The number of anilines is 2. The van der Waals surface area contributed by atoms with Crippen LogP contribution < -0.4 is 5.32 Å². The normalized spacial score (nSPS) is 10.6. The Balaban J connectivity index is 1.99. The summed E-state index contributed by atoms with van der Waals surface area (Å²) in [5.41, 5.74) is 0.134. The minimum absolute atomic E-state index is 0.0409. The molecule has 0 atom stereocenters. The maximum Gasteiger partial charge on any atom is 0.340 e. The second-order valence-electron chi connectivity index (χ2n) is 5.80. The zero-order chi connectivity index (χ0) is 20.1. The number of para-hydroxylation sites is 1. The van der Waals surface area contributed by atoms with E-state index in [1.807, 2.05) is 30.3 Å². The lowest BCUT2D eigenvalue weighted by Crippen LogP contribution is -2.10. The molecule has 0 saturated heterocycles. The molecule has 144 valence electrons. The molecule has 3 aromatic carbocycles. The van der Waals surface area contributed by atoms with E-state index in [-0.39, 0.29) is 16.1 Å². The quantitative estimate of drug-likeness (QED) is 0.409. The van der Waals surface area contributed by atoms with Gasteiger partial charge < -0.3 is 10.1 Å². The number of hydrogen-bond acceptors (Lipinski definition) is 4. The van der Waals surface area contributed by atoms with Crippen LogP contribution in [0.1, 0.15) is 15.9 Å². The first-order valence-corrected chi connectivity index (χ1v) is 9.28. The Labute approximate surface area is 164 Å². The van der Waals surface area contributed by atoms with Crippen LogP contribution in [0.15, 0.2) is 65.6 Å². The number of ether oxygens (including phenoxy) is 1. The van der Waals surface area contributed by atoms with Crippen molar-refractivity contribution < 1.29 is 22.7 Å². The van der Waals surface area contributed by atoms with Crippen LogP contribution in [-0.4, -0.2) is 13.1 Å². The second-order valence-corrected chi connectivity index (χ2v) is 6.81. The molecule has 0 bridgehead atoms. The molecule has 0 aliphatic carbocycles. The molecular weight excluding hydrogens is 387 g/mol. The van der Waals surface area contributed by atoms with Gasteiger partial charge in [0.15, 0.2) is 11.6 Å². The van der Waals surface area contributed by atoms with Crippen molar-refractivity contribution in [3.05, 3.63) is 89.2 Å². The molecule has 0 spiro atoms. The van der Waals surface area contributed by atoms with Gasteiger partial charge >= 0.3 is 5.97 Å². The van der Waals surface area contributed by atoms with Crippen molar-refractivity contribution in [2.24, 2.45) is 0 Å². The van der Waals surface area contributed by atoms with E-state index < -0.39 is 29.1 Å². The van der Waals surface area contributed by atoms with Crippen LogP contribution in [-0.2, 0) is 10.5 Å². The van der Waals surface area contributed by atoms with Crippen molar-refractivity contribution in [2.45, 2.75) is 10.6 Å². The predicted octanol–water partition coefficient (Wildman–Crippen LogP) is 5.93. The van der Waals surface area contributed by atoms with Crippen molar-refractivity contribution in [2.75, 3.05) is 12.4 Å². The summed E-state index contributed by atoms with van der Waals surface area (Å²) in [5.74, 6) is -3.54. The molecule has 0 aliphatic heterocycles. The Morgan fingerprint density at radius 2 is 1.68 bits per heavy atom. The summed E-state index contributed by atoms with van der Waals surface area (Å²) in [6.45, 7) is 0. The van der Waals surface area contributed by atoms with Crippen LogP contribution in [0.4, 0.5) is 24.5 Å². The number of esters is 1. The van der Waals surface area contributed by atoms with Crippen molar-refractivity contribution in [3.63, 3.8) is 0 Å². The molecule has 7 heteroatoms. The zero-order valence-corrected chi connectivity index (χ0v) is 15.7. The van der Waals surface area contributed by atoms with Gasteiger partial charge in [0.25, 0.3) is 0 Å². The number of hydrogen-bond donors (Lipinski definition) is 1.